The van der Waals surface area contributed by atoms with Crippen LogP contribution in [0.4, 0.5) is 0 Å². The van der Waals surface area contributed by atoms with Crippen LogP contribution in [-0.4, -0.2) is 24.0 Å². The molecule has 1 aromatic rings. The van der Waals surface area contributed by atoms with Gasteiger partial charge in [0, 0.05) is 17.2 Å². The molecule has 1 aliphatic rings. The summed E-state index contributed by atoms with van der Waals surface area (Å²) in [5.41, 5.74) is 1.79. The number of hydrogen-bond acceptors (Lipinski definition) is 2. The molecule has 0 aliphatic carbocycles. The first-order valence-corrected chi connectivity index (χ1v) is 5.12. The molecule has 0 spiro atoms. The minimum atomic E-state index is 0.110. The van der Waals surface area contributed by atoms with Gasteiger partial charge in [0.05, 0.1) is 13.7 Å². The number of ether oxygens (including phenoxy) is 1. The Morgan fingerprint density at radius 3 is 2.73 bits per heavy atom. The topological polar surface area (TPSA) is 29.5 Å². The summed E-state index contributed by atoms with van der Waals surface area (Å²) >= 11 is 0. The van der Waals surface area contributed by atoms with Gasteiger partial charge in [0.2, 0.25) is 0 Å². The molecule has 1 heterocycles. The minimum absolute atomic E-state index is 0.110. The molecule has 0 radical (unpaired) electrons. The maximum Gasteiger partial charge on any atom is 0.254 e. The second-order valence-corrected chi connectivity index (χ2v) is 4.01. The van der Waals surface area contributed by atoms with Gasteiger partial charge in [-0.25, -0.2) is 0 Å². The number of amides is 1. The van der Waals surface area contributed by atoms with E-state index < -0.39 is 0 Å². The predicted octanol–water partition coefficient (Wildman–Crippen LogP) is 2.06. The SMILES string of the molecule is COc1cccc2c1CN(C(C)C)C2=O. The fourth-order valence-corrected chi connectivity index (χ4v) is 1.93. The van der Waals surface area contributed by atoms with E-state index in [-0.39, 0.29) is 11.9 Å². The fourth-order valence-electron chi connectivity index (χ4n) is 1.93. The number of methoxy groups -OCH3 is 1. The highest BCUT2D eigenvalue weighted by atomic mass is 16.5. The van der Waals surface area contributed by atoms with Gasteiger partial charge in [-0.2, -0.15) is 0 Å². The summed E-state index contributed by atoms with van der Waals surface area (Å²) in [7, 11) is 1.64. The van der Waals surface area contributed by atoms with Crippen LogP contribution in [0.1, 0.15) is 29.8 Å². The molecule has 0 fully saturated rings. The molecule has 0 unspecified atom stereocenters. The van der Waals surface area contributed by atoms with Crippen LogP contribution in [0.3, 0.4) is 0 Å². The first-order chi connectivity index (χ1) is 7.15. The number of benzene rings is 1. The largest absolute Gasteiger partial charge is 0.496 e. The van der Waals surface area contributed by atoms with Gasteiger partial charge in [0.1, 0.15) is 5.75 Å². The molecule has 1 aromatic carbocycles. The lowest BCUT2D eigenvalue weighted by molar-refractivity contribution is 0.0730. The van der Waals surface area contributed by atoms with Crippen molar-refractivity contribution in [2.24, 2.45) is 0 Å². The van der Waals surface area contributed by atoms with Crippen molar-refractivity contribution < 1.29 is 9.53 Å². The summed E-state index contributed by atoms with van der Waals surface area (Å²) in [6, 6.07) is 5.85. The molecule has 15 heavy (non-hydrogen) atoms. The smallest absolute Gasteiger partial charge is 0.254 e. The summed E-state index contributed by atoms with van der Waals surface area (Å²) in [5, 5.41) is 0. The van der Waals surface area contributed by atoms with E-state index in [2.05, 4.69) is 0 Å². The van der Waals surface area contributed by atoms with Crippen molar-refractivity contribution in [1.82, 2.24) is 4.90 Å². The predicted molar refractivity (Wildman–Crippen MR) is 58.0 cm³/mol. The Labute approximate surface area is 89.7 Å². The summed E-state index contributed by atoms with van der Waals surface area (Å²) in [5.74, 6) is 0.919. The van der Waals surface area contributed by atoms with Gasteiger partial charge in [-0.05, 0) is 26.0 Å². The van der Waals surface area contributed by atoms with Gasteiger partial charge >= 0.3 is 0 Å². The number of carbonyl (C=O) groups is 1. The number of carbonyl (C=O) groups excluding carboxylic acids is 1. The van der Waals surface area contributed by atoms with E-state index in [0.29, 0.717) is 6.54 Å². The zero-order valence-electron chi connectivity index (χ0n) is 9.28. The number of fused-ring (bicyclic) bond motifs is 1. The Hall–Kier alpha value is -1.51. The maximum absolute atomic E-state index is 12.0. The first kappa shape index (κ1) is 10.0. The molecule has 1 aliphatic heterocycles. The minimum Gasteiger partial charge on any atom is -0.496 e. The summed E-state index contributed by atoms with van der Waals surface area (Å²) in [6.07, 6.45) is 0. The zero-order chi connectivity index (χ0) is 11.0. The van der Waals surface area contributed by atoms with Crippen LogP contribution in [0.25, 0.3) is 0 Å². The van der Waals surface area contributed by atoms with Crippen LogP contribution in [0.5, 0.6) is 5.75 Å². The number of hydrogen-bond donors (Lipinski definition) is 0. The Bertz CT molecular complexity index is 399. The highest BCUT2D eigenvalue weighted by Crippen LogP contribution is 2.31. The highest BCUT2D eigenvalue weighted by molar-refractivity contribution is 5.99. The molecule has 0 atom stereocenters. The average molecular weight is 205 g/mol. The molecule has 3 nitrogen and oxygen atoms in total. The lowest BCUT2D eigenvalue weighted by Gasteiger charge is -2.19. The van der Waals surface area contributed by atoms with Crippen LogP contribution in [-0.2, 0) is 6.54 Å². The van der Waals surface area contributed by atoms with Gasteiger partial charge in [-0.3, -0.25) is 4.79 Å². The van der Waals surface area contributed by atoms with Gasteiger partial charge < -0.3 is 9.64 Å². The second-order valence-electron chi connectivity index (χ2n) is 4.01. The third-order valence-corrected chi connectivity index (χ3v) is 2.80. The molecule has 3 heteroatoms. The maximum atomic E-state index is 12.0. The van der Waals surface area contributed by atoms with Crippen LogP contribution >= 0.6 is 0 Å². The van der Waals surface area contributed by atoms with Crippen molar-refractivity contribution in [3.05, 3.63) is 29.3 Å². The van der Waals surface area contributed by atoms with E-state index in [1.165, 1.54) is 0 Å². The van der Waals surface area contributed by atoms with Crippen LogP contribution in [0.2, 0.25) is 0 Å². The molecular formula is C12H15NO2. The lowest BCUT2D eigenvalue weighted by Crippen LogP contribution is -2.30. The van der Waals surface area contributed by atoms with Crippen molar-refractivity contribution in [3.63, 3.8) is 0 Å². The summed E-state index contributed by atoms with van der Waals surface area (Å²) in [6.45, 7) is 4.71. The van der Waals surface area contributed by atoms with Gasteiger partial charge in [0.15, 0.2) is 0 Å². The van der Waals surface area contributed by atoms with Crippen molar-refractivity contribution in [2.75, 3.05) is 7.11 Å². The zero-order valence-corrected chi connectivity index (χ0v) is 9.28. The molecule has 0 saturated carbocycles. The third-order valence-electron chi connectivity index (χ3n) is 2.80. The Morgan fingerprint density at radius 2 is 2.13 bits per heavy atom. The monoisotopic (exact) mass is 205 g/mol. The quantitative estimate of drug-likeness (QED) is 0.739. The van der Waals surface area contributed by atoms with Crippen molar-refractivity contribution in [2.45, 2.75) is 26.4 Å². The van der Waals surface area contributed by atoms with E-state index >= 15 is 0 Å². The van der Waals surface area contributed by atoms with E-state index in [9.17, 15) is 4.79 Å². The Balaban J connectivity index is 2.44. The molecule has 0 bridgehead atoms. The standard InChI is InChI=1S/C12H15NO2/c1-8(2)13-7-10-9(12(13)14)5-4-6-11(10)15-3/h4-6,8H,7H2,1-3H3. The van der Waals surface area contributed by atoms with Crippen LogP contribution < -0.4 is 4.74 Å². The molecule has 80 valence electrons. The van der Waals surface area contributed by atoms with Crippen LogP contribution in [0.15, 0.2) is 18.2 Å². The number of rotatable bonds is 2. The Kier molecular flexibility index (Phi) is 2.39. The normalized spacial score (nSPS) is 14.7. The summed E-state index contributed by atoms with van der Waals surface area (Å²) in [4.78, 5) is 13.8. The molecule has 0 aromatic heterocycles. The van der Waals surface area contributed by atoms with E-state index in [0.717, 1.165) is 16.9 Å². The van der Waals surface area contributed by atoms with Crippen molar-refractivity contribution >= 4 is 5.91 Å². The van der Waals surface area contributed by atoms with Crippen LogP contribution in [0, 0.1) is 0 Å². The van der Waals surface area contributed by atoms with Gasteiger partial charge in [-0.15, -0.1) is 0 Å². The van der Waals surface area contributed by atoms with Crippen molar-refractivity contribution in [1.29, 1.82) is 0 Å². The third kappa shape index (κ3) is 1.48. The summed E-state index contributed by atoms with van der Waals surface area (Å²) < 4.78 is 5.25. The van der Waals surface area contributed by atoms with Crippen molar-refractivity contribution in [3.8, 4) is 5.75 Å². The van der Waals surface area contributed by atoms with E-state index in [1.54, 1.807) is 7.11 Å². The molecule has 0 N–H and O–H groups in total. The molecule has 0 saturated heterocycles. The molecule has 1 amide bonds. The van der Waals surface area contributed by atoms with Gasteiger partial charge in [-0.1, -0.05) is 6.07 Å². The highest BCUT2D eigenvalue weighted by Gasteiger charge is 2.30. The second kappa shape index (κ2) is 3.57. The average Bonchev–Trinajstić information content (AvgIpc) is 2.56. The van der Waals surface area contributed by atoms with E-state index in [4.69, 9.17) is 4.74 Å². The fraction of sp³-hybridized carbons (Fsp3) is 0.417. The lowest BCUT2D eigenvalue weighted by atomic mass is 10.1. The Morgan fingerprint density at radius 1 is 1.40 bits per heavy atom. The molecule has 2 rings (SSSR count). The van der Waals surface area contributed by atoms with E-state index in [1.807, 2.05) is 36.9 Å². The van der Waals surface area contributed by atoms with Gasteiger partial charge in [0.25, 0.3) is 5.91 Å². The number of nitrogens with zero attached hydrogens (tertiary/aromatic N) is 1. The first-order valence-electron chi connectivity index (χ1n) is 5.12. The molecular weight excluding hydrogens is 190 g/mol.